The minimum atomic E-state index is 0.168. The summed E-state index contributed by atoms with van der Waals surface area (Å²) in [7, 11) is 2.02. The second-order valence-electron chi connectivity index (χ2n) is 4.92. The summed E-state index contributed by atoms with van der Waals surface area (Å²) < 4.78 is 0. The SMILES string of the molecule is CN(CC(=O)c1ccc[nH]1)C[C@@H]1CCCNC1. The molecule has 0 radical (unpaired) electrons. The van der Waals surface area contributed by atoms with Crippen LogP contribution < -0.4 is 5.32 Å². The zero-order valence-electron chi connectivity index (χ0n) is 10.4. The maximum absolute atomic E-state index is 11.9. The molecule has 0 saturated carbocycles. The average Bonchev–Trinajstić information content (AvgIpc) is 2.83. The van der Waals surface area contributed by atoms with E-state index in [4.69, 9.17) is 0 Å². The van der Waals surface area contributed by atoms with Gasteiger partial charge in [0.1, 0.15) is 0 Å². The number of rotatable bonds is 5. The van der Waals surface area contributed by atoms with Crippen molar-refractivity contribution in [3.05, 3.63) is 24.0 Å². The maximum Gasteiger partial charge on any atom is 0.192 e. The molecule has 0 spiro atoms. The first-order valence-corrected chi connectivity index (χ1v) is 6.31. The van der Waals surface area contributed by atoms with E-state index in [1.807, 2.05) is 19.2 Å². The Morgan fingerprint density at radius 2 is 2.47 bits per heavy atom. The van der Waals surface area contributed by atoms with Crippen molar-refractivity contribution in [1.29, 1.82) is 0 Å². The van der Waals surface area contributed by atoms with Gasteiger partial charge < -0.3 is 10.3 Å². The highest BCUT2D eigenvalue weighted by atomic mass is 16.1. The highest BCUT2D eigenvalue weighted by Gasteiger charge is 2.17. The van der Waals surface area contributed by atoms with Crippen LogP contribution in [0, 0.1) is 5.92 Å². The lowest BCUT2D eigenvalue weighted by molar-refractivity contribution is 0.0930. The van der Waals surface area contributed by atoms with Crippen molar-refractivity contribution in [1.82, 2.24) is 15.2 Å². The molecule has 4 heteroatoms. The highest BCUT2D eigenvalue weighted by Crippen LogP contribution is 2.11. The fraction of sp³-hybridized carbons (Fsp3) is 0.615. The largest absolute Gasteiger partial charge is 0.359 e. The molecule has 0 amide bonds. The summed E-state index contributed by atoms with van der Waals surface area (Å²) >= 11 is 0. The van der Waals surface area contributed by atoms with Crippen molar-refractivity contribution in [2.75, 3.05) is 33.2 Å². The lowest BCUT2D eigenvalue weighted by atomic mass is 9.99. The molecule has 1 aromatic heterocycles. The van der Waals surface area contributed by atoms with E-state index in [2.05, 4.69) is 15.2 Å². The second-order valence-corrected chi connectivity index (χ2v) is 4.92. The molecule has 2 N–H and O–H groups in total. The van der Waals surface area contributed by atoms with Crippen LogP contribution in [0.5, 0.6) is 0 Å². The number of aromatic nitrogens is 1. The van der Waals surface area contributed by atoms with Crippen molar-refractivity contribution >= 4 is 5.78 Å². The highest BCUT2D eigenvalue weighted by molar-refractivity contribution is 5.95. The topological polar surface area (TPSA) is 48.1 Å². The van der Waals surface area contributed by atoms with Crippen LogP contribution in [-0.4, -0.2) is 48.9 Å². The zero-order valence-corrected chi connectivity index (χ0v) is 10.4. The van der Waals surface area contributed by atoms with Crippen LogP contribution in [-0.2, 0) is 0 Å². The predicted molar refractivity (Wildman–Crippen MR) is 68.2 cm³/mol. The molecule has 0 aliphatic carbocycles. The Hall–Kier alpha value is -1.13. The summed E-state index contributed by atoms with van der Waals surface area (Å²) in [6, 6.07) is 3.69. The van der Waals surface area contributed by atoms with Gasteiger partial charge in [0.05, 0.1) is 12.2 Å². The molecule has 1 saturated heterocycles. The van der Waals surface area contributed by atoms with Crippen LogP contribution >= 0.6 is 0 Å². The van der Waals surface area contributed by atoms with E-state index < -0.39 is 0 Å². The quantitative estimate of drug-likeness (QED) is 0.752. The van der Waals surface area contributed by atoms with Gasteiger partial charge >= 0.3 is 0 Å². The number of aromatic amines is 1. The van der Waals surface area contributed by atoms with Crippen LogP contribution in [0.3, 0.4) is 0 Å². The number of ketones is 1. The van der Waals surface area contributed by atoms with E-state index in [-0.39, 0.29) is 5.78 Å². The summed E-state index contributed by atoms with van der Waals surface area (Å²) in [5.74, 6) is 0.853. The first-order chi connectivity index (χ1) is 8.25. The second kappa shape index (κ2) is 5.98. The van der Waals surface area contributed by atoms with Crippen molar-refractivity contribution in [3.63, 3.8) is 0 Å². The monoisotopic (exact) mass is 235 g/mol. The van der Waals surface area contributed by atoms with Crippen molar-refractivity contribution < 1.29 is 4.79 Å². The number of H-pyrrole nitrogens is 1. The van der Waals surface area contributed by atoms with Crippen molar-refractivity contribution in [2.45, 2.75) is 12.8 Å². The molecule has 1 aliphatic heterocycles. The summed E-state index contributed by atoms with van der Waals surface area (Å²) in [5, 5.41) is 3.40. The van der Waals surface area contributed by atoms with Gasteiger partial charge in [0.2, 0.25) is 0 Å². The number of carbonyl (C=O) groups is 1. The van der Waals surface area contributed by atoms with Gasteiger partial charge in [-0.2, -0.15) is 0 Å². The maximum atomic E-state index is 11.9. The summed E-state index contributed by atoms with van der Waals surface area (Å²) in [6.07, 6.45) is 4.31. The first kappa shape index (κ1) is 12.3. The summed E-state index contributed by atoms with van der Waals surface area (Å²) in [6.45, 7) is 3.72. The lowest BCUT2D eigenvalue weighted by Gasteiger charge is -2.27. The molecule has 1 aromatic rings. The third-order valence-electron chi connectivity index (χ3n) is 3.28. The molecule has 2 rings (SSSR count). The van der Waals surface area contributed by atoms with E-state index in [0.717, 1.165) is 19.6 Å². The molecule has 0 aromatic carbocycles. The molecule has 17 heavy (non-hydrogen) atoms. The Bertz CT molecular complexity index is 342. The Kier molecular flexibility index (Phi) is 4.34. The molecule has 0 unspecified atom stereocenters. The number of hydrogen-bond acceptors (Lipinski definition) is 3. The van der Waals surface area contributed by atoms with E-state index in [1.165, 1.54) is 12.8 Å². The van der Waals surface area contributed by atoms with Gasteiger partial charge in [-0.05, 0) is 51.0 Å². The number of hydrogen-bond donors (Lipinski definition) is 2. The fourth-order valence-corrected chi connectivity index (χ4v) is 2.42. The van der Waals surface area contributed by atoms with Gasteiger partial charge in [-0.15, -0.1) is 0 Å². The first-order valence-electron chi connectivity index (χ1n) is 6.31. The minimum Gasteiger partial charge on any atom is -0.359 e. The normalized spacial score (nSPS) is 20.7. The number of carbonyl (C=O) groups excluding carboxylic acids is 1. The average molecular weight is 235 g/mol. The number of piperidine rings is 1. The molecular formula is C13H21N3O. The van der Waals surface area contributed by atoms with E-state index >= 15 is 0 Å². The van der Waals surface area contributed by atoms with Crippen molar-refractivity contribution in [2.24, 2.45) is 5.92 Å². The van der Waals surface area contributed by atoms with Crippen molar-refractivity contribution in [3.8, 4) is 0 Å². The van der Waals surface area contributed by atoms with Crippen LogP contribution in [0.4, 0.5) is 0 Å². The van der Waals surface area contributed by atoms with E-state index in [1.54, 1.807) is 6.20 Å². The van der Waals surface area contributed by atoms with E-state index in [0.29, 0.717) is 18.2 Å². The summed E-state index contributed by atoms with van der Waals surface area (Å²) in [5.41, 5.74) is 0.707. The van der Waals surface area contributed by atoms with Gasteiger partial charge in [-0.1, -0.05) is 0 Å². The van der Waals surface area contributed by atoms with Gasteiger partial charge in [0, 0.05) is 12.7 Å². The molecular weight excluding hydrogens is 214 g/mol. The Balaban J connectivity index is 1.76. The minimum absolute atomic E-state index is 0.168. The molecule has 1 atom stereocenters. The molecule has 0 bridgehead atoms. The molecule has 4 nitrogen and oxygen atoms in total. The lowest BCUT2D eigenvalue weighted by Crippen LogP contribution is -2.38. The smallest absolute Gasteiger partial charge is 0.192 e. The van der Waals surface area contributed by atoms with E-state index in [9.17, 15) is 4.79 Å². The fourth-order valence-electron chi connectivity index (χ4n) is 2.42. The number of nitrogens with one attached hydrogen (secondary N) is 2. The van der Waals surface area contributed by atoms with Gasteiger partial charge in [0.15, 0.2) is 5.78 Å². The molecule has 94 valence electrons. The van der Waals surface area contributed by atoms with Crippen LogP contribution in [0.1, 0.15) is 23.3 Å². The molecule has 1 fully saturated rings. The van der Waals surface area contributed by atoms with Gasteiger partial charge in [-0.25, -0.2) is 0 Å². The Morgan fingerprint density at radius 1 is 1.59 bits per heavy atom. The Morgan fingerprint density at radius 3 is 3.12 bits per heavy atom. The third kappa shape index (κ3) is 3.68. The zero-order chi connectivity index (χ0) is 12.1. The van der Waals surface area contributed by atoms with Gasteiger partial charge in [-0.3, -0.25) is 9.69 Å². The van der Waals surface area contributed by atoms with Crippen LogP contribution in [0.15, 0.2) is 18.3 Å². The summed E-state index contributed by atoms with van der Waals surface area (Å²) in [4.78, 5) is 17.0. The number of nitrogens with zero attached hydrogens (tertiary/aromatic N) is 1. The Labute approximate surface area is 102 Å². The molecule has 1 aliphatic rings. The third-order valence-corrected chi connectivity index (χ3v) is 3.28. The number of Topliss-reactive ketones (excluding diaryl/α,β-unsaturated/α-hetero) is 1. The molecule has 2 heterocycles. The predicted octanol–water partition coefficient (Wildman–Crippen LogP) is 1.13. The standard InChI is InChI=1S/C13H21N3O/c1-16(9-11-4-2-6-14-8-11)10-13(17)12-5-3-7-15-12/h3,5,7,11,14-15H,2,4,6,8-10H2,1H3/t11-/m1/s1. The van der Waals surface area contributed by atoms with Gasteiger partial charge in [0.25, 0.3) is 0 Å². The number of likely N-dealkylation sites (N-methyl/N-ethyl adjacent to an activating group) is 1. The van der Waals surface area contributed by atoms with Crippen LogP contribution in [0.25, 0.3) is 0 Å². The van der Waals surface area contributed by atoms with Crippen LogP contribution in [0.2, 0.25) is 0 Å².